The summed E-state index contributed by atoms with van der Waals surface area (Å²) in [6.45, 7) is 5.60. The number of guanidine groups is 1. The minimum atomic E-state index is -0.667. The first kappa shape index (κ1) is 18.9. The summed E-state index contributed by atoms with van der Waals surface area (Å²) in [5, 5.41) is 9.85. The normalized spacial score (nSPS) is 29.5. The molecular weight excluding hydrogens is 326 g/mol. The number of aliphatic imine (C=N–C) groups is 1. The van der Waals surface area contributed by atoms with Crippen molar-refractivity contribution in [3.05, 3.63) is 41.5 Å². The van der Waals surface area contributed by atoms with Gasteiger partial charge in [-0.05, 0) is 61.8 Å². The highest BCUT2D eigenvalue weighted by molar-refractivity contribution is 5.78. The summed E-state index contributed by atoms with van der Waals surface area (Å²) in [5.41, 5.74) is 10.0. The van der Waals surface area contributed by atoms with E-state index in [1.807, 2.05) is 6.08 Å². The number of nitrogens with zero attached hydrogens (tertiary/aromatic N) is 2. The lowest BCUT2D eigenvalue weighted by Gasteiger charge is -2.40. The quantitative estimate of drug-likeness (QED) is 0.493. The van der Waals surface area contributed by atoms with Gasteiger partial charge in [0.15, 0.2) is 5.96 Å². The van der Waals surface area contributed by atoms with Gasteiger partial charge in [-0.1, -0.05) is 24.8 Å². The summed E-state index contributed by atoms with van der Waals surface area (Å²) in [4.78, 5) is 6.54. The van der Waals surface area contributed by atoms with E-state index in [2.05, 4.69) is 24.8 Å². The summed E-state index contributed by atoms with van der Waals surface area (Å²) < 4.78 is 5.58. The van der Waals surface area contributed by atoms with Gasteiger partial charge in [0.1, 0.15) is 6.23 Å². The third kappa shape index (κ3) is 3.38. The van der Waals surface area contributed by atoms with Gasteiger partial charge in [0.05, 0.1) is 12.1 Å². The lowest BCUT2D eigenvalue weighted by Crippen LogP contribution is -2.42. The van der Waals surface area contributed by atoms with Gasteiger partial charge in [0.25, 0.3) is 0 Å². The van der Waals surface area contributed by atoms with Crippen molar-refractivity contribution in [2.24, 2.45) is 16.1 Å². The summed E-state index contributed by atoms with van der Waals surface area (Å²) in [7, 11) is 3.57. The van der Waals surface area contributed by atoms with Crippen LogP contribution >= 0.6 is 0 Å². The number of aliphatic hydroxyl groups excluding tert-OH is 1. The minimum absolute atomic E-state index is 0.0106. The van der Waals surface area contributed by atoms with Crippen LogP contribution in [0.1, 0.15) is 55.3 Å². The second kappa shape index (κ2) is 7.41. The van der Waals surface area contributed by atoms with Gasteiger partial charge < -0.3 is 20.5 Å². The van der Waals surface area contributed by atoms with Crippen LogP contribution in [-0.2, 0) is 11.2 Å². The second-order valence-corrected chi connectivity index (χ2v) is 7.77. The van der Waals surface area contributed by atoms with Crippen LogP contribution in [0.25, 0.3) is 6.08 Å². The number of ether oxygens (including phenoxy) is 1. The molecule has 5 nitrogen and oxygen atoms in total. The largest absolute Gasteiger partial charge is 0.381 e. The molecule has 0 aliphatic heterocycles. The molecule has 2 aliphatic rings. The molecule has 1 saturated carbocycles. The molecule has 26 heavy (non-hydrogen) atoms. The molecule has 3 rings (SSSR count). The van der Waals surface area contributed by atoms with Gasteiger partial charge in [-0.2, -0.15) is 0 Å². The van der Waals surface area contributed by atoms with E-state index in [4.69, 9.17) is 15.5 Å². The van der Waals surface area contributed by atoms with E-state index in [1.54, 1.807) is 26.0 Å². The van der Waals surface area contributed by atoms with Gasteiger partial charge in [0, 0.05) is 19.6 Å². The molecule has 5 heteroatoms. The minimum Gasteiger partial charge on any atom is -0.381 e. The Kier molecular flexibility index (Phi) is 5.39. The van der Waals surface area contributed by atoms with Crippen LogP contribution in [-0.4, -0.2) is 42.5 Å². The number of hydrogen-bond donors (Lipinski definition) is 2. The van der Waals surface area contributed by atoms with Crippen molar-refractivity contribution in [3.63, 3.8) is 0 Å². The van der Waals surface area contributed by atoms with Crippen LogP contribution in [0.3, 0.4) is 0 Å². The first-order chi connectivity index (χ1) is 12.4. The summed E-state index contributed by atoms with van der Waals surface area (Å²) in [6.07, 6.45) is 6.82. The maximum Gasteiger partial charge on any atom is 0.193 e. The molecule has 2 aliphatic carbocycles. The molecule has 2 unspecified atom stereocenters. The standard InChI is InChI=1S/C21H31N3O2/c1-5-15-6-7-16-13-21(10-8-17(26-4)9-11-21)19(18(16)12-15)23-20(22)24(3)14(2)25/h5-7,12,14,17,19,25H,1,8-11,13H2,2-4H3,(H2,22,23). The van der Waals surface area contributed by atoms with Gasteiger partial charge >= 0.3 is 0 Å². The number of fused-ring (bicyclic) bond motifs is 1. The Morgan fingerprint density at radius 1 is 1.46 bits per heavy atom. The van der Waals surface area contributed by atoms with E-state index in [0.717, 1.165) is 37.7 Å². The van der Waals surface area contributed by atoms with Gasteiger partial charge in [-0.15, -0.1) is 0 Å². The molecular formula is C21H31N3O2. The van der Waals surface area contributed by atoms with E-state index in [0.29, 0.717) is 12.1 Å². The Hall–Kier alpha value is -1.85. The van der Waals surface area contributed by atoms with Gasteiger partial charge in [-0.25, -0.2) is 4.99 Å². The van der Waals surface area contributed by atoms with E-state index in [-0.39, 0.29) is 11.5 Å². The van der Waals surface area contributed by atoms with Gasteiger partial charge in [0.2, 0.25) is 0 Å². The van der Waals surface area contributed by atoms with E-state index in [9.17, 15) is 5.11 Å². The highest BCUT2D eigenvalue weighted by Crippen LogP contribution is 2.56. The van der Waals surface area contributed by atoms with Crippen molar-refractivity contribution in [2.45, 2.75) is 57.4 Å². The van der Waals surface area contributed by atoms with Crippen LogP contribution in [0.2, 0.25) is 0 Å². The van der Waals surface area contributed by atoms with Crippen molar-refractivity contribution in [1.29, 1.82) is 0 Å². The number of hydrogen-bond acceptors (Lipinski definition) is 3. The van der Waals surface area contributed by atoms with Gasteiger partial charge in [-0.3, -0.25) is 0 Å². The molecule has 1 spiro atoms. The fourth-order valence-corrected chi connectivity index (χ4v) is 4.44. The van der Waals surface area contributed by atoms with E-state index >= 15 is 0 Å². The van der Waals surface area contributed by atoms with Crippen LogP contribution < -0.4 is 5.73 Å². The third-order valence-corrected chi connectivity index (χ3v) is 6.27. The van der Waals surface area contributed by atoms with Crippen molar-refractivity contribution < 1.29 is 9.84 Å². The Morgan fingerprint density at radius 2 is 2.15 bits per heavy atom. The molecule has 1 aromatic carbocycles. The number of nitrogens with two attached hydrogens (primary N) is 1. The van der Waals surface area contributed by atoms with Crippen molar-refractivity contribution >= 4 is 12.0 Å². The Morgan fingerprint density at radius 3 is 2.73 bits per heavy atom. The van der Waals surface area contributed by atoms with E-state index in [1.165, 1.54) is 11.1 Å². The number of benzene rings is 1. The highest BCUT2D eigenvalue weighted by atomic mass is 16.5. The van der Waals surface area contributed by atoms with Crippen LogP contribution in [0.5, 0.6) is 0 Å². The van der Waals surface area contributed by atoms with Crippen LogP contribution in [0.15, 0.2) is 29.8 Å². The molecule has 0 bridgehead atoms. The fourth-order valence-electron chi connectivity index (χ4n) is 4.44. The smallest absolute Gasteiger partial charge is 0.193 e. The Labute approximate surface area is 156 Å². The van der Waals surface area contributed by atoms with Crippen molar-refractivity contribution in [2.75, 3.05) is 14.2 Å². The molecule has 0 saturated heterocycles. The SMILES string of the molecule is C=Cc1ccc2c(c1)C(/N=C(/N)N(C)C(C)O)C1(CCC(OC)CC1)C2. The summed E-state index contributed by atoms with van der Waals surface area (Å²) in [5.74, 6) is 0.384. The van der Waals surface area contributed by atoms with Crippen LogP contribution in [0, 0.1) is 5.41 Å². The predicted octanol–water partition coefficient (Wildman–Crippen LogP) is 3.09. The highest BCUT2D eigenvalue weighted by Gasteiger charge is 2.48. The zero-order chi connectivity index (χ0) is 18.9. The molecule has 1 fully saturated rings. The summed E-state index contributed by atoms with van der Waals surface area (Å²) in [6, 6.07) is 6.54. The maximum absolute atomic E-state index is 9.85. The molecule has 1 aromatic rings. The average Bonchev–Trinajstić information content (AvgIpc) is 2.93. The fraction of sp³-hybridized carbons (Fsp3) is 0.571. The first-order valence-corrected chi connectivity index (χ1v) is 9.42. The van der Waals surface area contributed by atoms with E-state index < -0.39 is 6.23 Å². The molecule has 0 heterocycles. The van der Waals surface area contributed by atoms with Crippen molar-refractivity contribution in [3.8, 4) is 0 Å². The average molecular weight is 357 g/mol. The monoisotopic (exact) mass is 357 g/mol. The molecule has 3 N–H and O–H groups in total. The zero-order valence-corrected chi connectivity index (χ0v) is 16.1. The zero-order valence-electron chi connectivity index (χ0n) is 16.1. The molecule has 0 radical (unpaired) electrons. The third-order valence-electron chi connectivity index (χ3n) is 6.27. The number of methoxy groups -OCH3 is 1. The molecule has 142 valence electrons. The first-order valence-electron chi connectivity index (χ1n) is 9.42. The van der Waals surface area contributed by atoms with Crippen molar-refractivity contribution in [1.82, 2.24) is 4.90 Å². The summed E-state index contributed by atoms with van der Waals surface area (Å²) >= 11 is 0. The predicted molar refractivity (Wildman–Crippen MR) is 106 cm³/mol. The molecule has 2 atom stereocenters. The van der Waals surface area contributed by atoms with Crippen LogP contribution in [0.4, 0.5) is 0 Å². The maximum atomic E-state index is 9.85. The molecule has 0 amide bonds. The second-order valence-electron chi connectivity index (χ2n) is 7.77. The number of rotatable bonds is 4. The lowest BCUT2D eigenvalue weighted by molar-refractivity contribution is 0.0206. The number of aliphatic hydroxyl groups is 1. The Balaban J connectivity index is 2.00. The topological polar surface area (TPSA) is 71.1 Å². The molecule has 0 aromatic heterocycles. The lowest BCUT2D eigenvalue weighted by atomic mass is 9.68. The Bertz CT molecular complexity index is 690.